The summed E-state index contributed by atoms with van der Waals surface area (Å²) in [5.41, 5.74) is 0. The van der Waals surface area contributed by atoms with Gasteiger partial charge < -0.3 is 5.11 Å². The fraction of sp³-hybridized carbons (Fsp3) is 0.909. The largest absolute Gasteiger partial charge is 0.480 e. The second-order valence-corrected chi connectivity index (χ2v) is 9.84. The maximum atomic E-state index is 12.5. The van der Waals surface area contributed by atoms with E-state index < -0.39 is 43.7 Å². The first kappa shape index (κ1) is 15.7. The lowest BCUT2D eigenvalue weighted by Gasteiger charge is -2.28. The number of sulfone groups is 1. The van der Waals surface area contributed by atoms with Gasteiger partial charge in [0, 0.05) is 6.04 Å². The van der Waals surface area contributed by atoms with Crippen molar-refractivity contribution in [1.82, 2.24) is 4.31 Å². The molecule has 2 rings (SSSR count). The number of hydrogen-bond donors (Lipinski definition) is 1. The summed E-state index contributed by atoms with van der Waals surface area (Å²) in [5, 5.41) is 8.36. The van der Waals surface area contributed by atoms with E-state index in [-0.39, 0.29) is 17.9 Å². The first-order valence-electron chi connectivity index (χ1n) is 6.65. The lowest BCUT2D eigenvalue weighted by atomic mass is 10.2. The molecule has 20 heavy (non-hydrogen) atoms. The molecule has 7 nitrogen and oxygen atoms in total. The Morgan fingerprint density at radius 1 is 1.20 bits per heavy atom. The highest BCUT2D eigenvalue weighted by Crippen LogP contribution is 2.30. The van der Waals surface area contributed by atoms with Gasteiger partial charge in [0.25, 0.3) is 0 Å². The van der Waals surface area contributed by atoms with Gasteiger partial charge in [-0.2, -0.15) is 4.31 Å². The van der Waals surface area contributed by atoms with Crippen LogP contribution < -0.4 is 0 Å². The molecule has 1 aliphatic carbocycles. The van der Waals surface area contributed by atoms with E-state index in [0.717, 1.165) is 17.1 Å². The van der Waals surface area contributed by atoms with Crippen molar-refractivity contribution in [2.75, 3.05) is 18.1 Å². The topological polar surface area (TPSA) is 109 Å². The molecule has 9 heteroatoms. The molecule has 1 heterocycles. The predicted molar refractivity (Wildman–Crippen MR) is 72.6 cm³/mol. The van der Waals surface area contributed by atoms with Crippen molar-refractivity contribution in [2.24, 2.45) is 0 Å². The molecule has 1 atom stereocenters. The molecule has 0 aromatic rings. The first-order chi connectivity index (χ1) is 9.22. The molecule has 0 amide bonds. The summed E-state index contributed by atoms with van der Waals surface area (Å²) in [6.45, 7) is -0.654. The Bertz CT molecular complexity index is 576. The number of nitrogens with zero attached hydrogens (tertiary/aromatic N) is 1. The van der Waals surface area contributed by atoms with E-state index in [0.29, 0.717) is 12.8 Å². The predicted octanol–water partition coefficient (Wildman–Crippen LogP) is -0.167. The van der Waals surface area contributed by atoms with Crippen molar-refractivity contribution in [3.63, 3.8) is 0 Å². The summed E-state index contributed by atoms with van der Waals surface area (Å²) >= 11 is 0. The fourth-order valence-electron chi connectivity index (χ4n) is 2.94. The monoisotopic (exact) mass is 325 g/mol. The number of rotatable bonds is 5. The molecule has 2 fully saturated rings. The van der Waals surface area contributed by atoms with Crippen LogP contribution in [0.2, 0.25) is 0 Å². The summed E-state index contributed by atoms with van der Waals surface area (Å²) in [6.07, 6.45) is 2.86. The highest BCUT2D eigenvalue weighted by Gasteiger charge is 2.42. The van der Waals surface area contributed by atoms with E-state index in [4.69, 9.17) is 5.11 Å². The normalized spacial score (nSPS) is 27.1. The lowest BCUT2D eigenvalue weighted by molar-refractivity contribution is -0.137. The Balaban J connectivity index is 2.25. The zero-order chi connectivity index (χ0) is 15.0. The number of carboxylic acid groups (broad SMARTS) is 1. The van der Waals surface area contributed by atoms with Gasteiger partial charge in [0.15, 0.2) is 9.84 Å². The van der Waals surface area contributed by atoms with E-state index in [1.54, 1.807) is 0 Å². The van der Waals surface area contributed by atoms with Gasteiger partial charge >= 0.3 is 5.97 Å². The number of aliphatic carboxylic acids is 1. The molecule has 0 aromatic heterocycles. The molecule has 2 aliphatic rings. The maximum absolute atomic E-state index is 12.5. The van der Waals surface area contributed by atoms with Crippen LogP contribution in [0.4, 0.5) is 0 Å². The molecular formula is C11H19NO6S2. The van der Waals surface area contributed by atoms with Crippen LogP contribution in [0.1, 0.15) is 32.1 Å². The molecular weight excluding hydrogens is 306 g/mol. The SMILES string of the molecule is O=C(O)CN(C1CCS(=O)(=O)C1)S(=O)(=O)C1CCCC1. The minimum Gasteiger partial charge on any atom is -0.480 e. The van der Waals surface area contributed by atoms with Crippen LogP contribution in [0.25, 0.3) is 0 Å². The standard InChI is InChI=1S/C11H19NO6S2/c13-11(14)7-12(9-5-6-19(15,16)8-9)20(17,18)10-3-1-2-4-10/h9-10H,1-8H2,(H,13,14). The molecule has 0 bridgehead atoms. The summed E-state index contributed by atoms with van der Waals surface area (Å²) in [5.74, 6) is -1.60. The number of carbonyl (C=O) groups is 1. The molecule has 1 aliphatic heterocycles. The van der Waals surface area contributed by atoms with Crippen LogP contribution >= 0.6 is 0 Å². The van der Waals surface area contributed by atoms with E-state index in [1.807, 2.05) is 0 Å². The Morgan fingerprint density at radius 2 is 1.80 bits per heavy atom. The lowest BCUT2D eigenvalue weighted by Crippen LogP contribution is -2.47. The quantitative estimate of drug-likeness (QED) is 0.752. The zero-order valence-electron chi connectivity index (χ0n) is 11.1. The average Bonchev–Trinajstić information content (AvgIpc) is 2.94. The fourth-order valence-corrected chi connectivity index (χ4v) is 6.96. The summed E-state index contributed by atoms with van der Waals surface area (Å²) < 4.78 is 49.0. The minimum atomic E-state index is -3.74. The Labute approximate surface area is 118 Å². The van der Waals surface area contributed by atoms with E-state index >= 15 is 0 Å². The zero-order valence-corrected chi connectivity index (χ0v) is 12.7. The van der Waals surface area contributed by atoms with Crippen molar-refractivity contribution in [3.05, 3.63) is 0 Å². The third-order valence-corrected chi connectivity index (χ3v) is 8.10. The van der Waals surface area contributed by atoms with Crippen molar-refractivity contribution < 1.29 is 26.7 Å². The summed E-state index contributed by atoms with van der Waals surface area (Å²) in [6, 6.07) is -0.735. The number of carboxylic acids is 1. The molecule has 1 saturated carbocycles. The van der Waals surface area contributed by atoms with Crippen LogP contribution in [0.5, 0.6) is 0 Å². The van der Waals surface area contributed by atoms with E-state index in [1.165, 1.54) is 0 Å². The number of sulfonamides is 1. The van der Waals surface area contributed by atoms with E-state index in [9.17, 15) is 21.6 Å². The van der Waals surface area contributed by atoms with Crippen molar-refractivity contribution >= 4 is 25.8 Å². The van der Waals surface area contributed by atoms with Crippen molar-refractivity contribution in [3.8, 4) is 0 Å². The van der Waals surface area contributed by atoms with Crippen LogP contribution in [0, 0.1) is 0 Å². The Hall–Kier alpha value is -0.670. The van der Waals surface area contributed by atoms with Crippen LogP contribution in [0.15, 0.2) is 0 Å². The van der Waals surface area contributed by atoms with Crippen LogP contribution in [-0.4, -0.2) is 61.6 Å². The van der Waals surface area contributed by atoms with E-state index in [2.05, 4.69) is 0 Å². The molecule has 0 aromatic carbocycles. The van der Waals surface area contributed by atoms with Gasteiger partial charge in [-0.1, -0.05) is 12.8 Å². The Morgan fingerprint density at radius 3 is 2.25 bits per heavy atom. The molecule has 1 unspecified atom stereocenters. The van der Waals surface area contributed by atoms with Gasteiger partial charge in [-0.3, -0.25) is 4.79 Å². The van der Waals surface area contributed by atoms with Crippen molar-refractivity contribution in [1.29, 1.82) is 0 Å². The van der Waals surface area contributed by atoms with Gasteiger partial charge in [0.2, 0.25) is 10.0 Å². The van der Waals surface area contributed by atoms with Gasteiger partial charge in [0.1, 0.15) is 6.54 Å². The summed E-state index contributed by atoms with van der Waals surface area (Å²) in [7, 11) is -7.00. The minimum absolute atomic E-state index is 0.0754. The van der Waals surface area contributed by atoms with Gasteiger partial charge in [-0.25, -0.2) is 16.8 Å². The average molecular weight is 325 g/mol. The third kappa shape index (κ3) is 3.32. The molecule has 1 N–H and O–H groups in total. The summed E-state index contributed by atoms with van der Waals surface area (Å²) in [4.78, 5) is 10.9. The van der Waals surface area contributed by atoms with Gasteiger partial charge in [-0.15, -0.1) is 0 Å². The van der Waals surface area contributed by atoms with Gasteiger partial charge in [0.05, 0.1) is 16.8 Å². The highest BCUT2D eigenvalue weighted by molar-refractivity contribution is 7.92. The third-order valence-electron chi connectivity index (χ3n) is 3.96. The molecule has 1 saturated heterocycles. The maximum Gasteiger partial charge on any atom is 0.318 e. The van der Waals surface area contributed by atoms with Crippen LogP contribution in [0.3, 0.4) is 0 Å². The first-order valence-corrected chi connectivity index (χ1v) is 9.98. The molecule has 0 radical (unpaired) electrons. The van der Waals surface area contributed by atoms with Crippen LogP contribution in [-0.2, 0) is 24.7 Å². The second kappa shape index (κ2) is 5.61. The van der Waals surface area contributed by atoms with Gasteiger partial charge in [-0.05, 0) is 19.3 Å². The second-order valence-electron chi connectivity index (χ2n) is 5.45. The smallest absolute Gasteiger partial charge is 0.318 e. The number of hydrogen-bond acceptors (Lipinski definition) is 5. The molecule has 116 valence electrons. The van der Waals surface area contributed by atoms with Crippen molar-refractivity contribution in [2.45, 2.75) is 43.4 Å². The Kier molecular flexibility index (Phi) is 4.41. The molecule has 0 spiro atoms. The highest BCUT2D eigenvalue weighted by atomic mass is 32.2.